The molecule has 1 aliphatic rings. The second kappa shape index (κ2) is 11.3. The molecular weight excluding hydrogens is 483 g/mol. The molecule has 176 valence electrons. The first-order valence-electron chi connectivity index (χ1n) is 8.75. The highest BCUT2D eigenvalue weighted by Crippen LogP contribution is 2.28. The average molecular weight is 506 g/mol. The van der Waals surface area contributed by atoms with Gasteiger partial charge in [0.15, 0.2) is 6.23 Å². The Bertz CT molecular complexity index is 832. The molecule has 0 saturated carbocycles. The number of hydrogen-bond acceptors (Lipinski definition) is 10. The van der Waals surface area contributed by atoms with E-state index in [9.17, 15) is 24.6 Å². The number of carboxylic acid groups (broad SMARTS) is 1. The fourth-order valence-corrected chi connectivity index (χ4v) is 2.25. The van der Waals surface area contributed by atoms with Crippen molar-refractivity contribution < 1.29 is 34.4 Å². The number of nitrogens with two attached hydrogens (primary N) is 2. The molecular formula is C16H23Cl3N4O8. The van der Waals surface area contributed by atoms with Crippen LogP contribution in [0.25, 0.3) is 0 Å². The molecule has 12 nitrogen and oxygen atoms in total. The highest BCUT2D eigenvalue weighted by Gasteiger charge is 2.44. The molecule has 0 aromatic carbocycles. The van der Waals surface area contributed by atoms with E-state index >= 15 is 0 Å². The van der Waals surface area contributed by atoms with Crippen molar-refractivity contribution >= 4 is 52.6 Å². The van der Waals surface area contributed by atoms with Crippen LogP contribution < -0.4 is 17.2 Å². The van der Waals surface area contributed by atoms with Gasteiger partial charge in [0, 0.05) is 6.20 Å². The molecule has 1 fully saturated rings. The number of aliphatic hydroxyl groups is 2. The largest absolute Gasteiger partial charge is 0.478 e. The van der Waals surface area contributed by atoms with Gasteiger partial charge in [-0.05, 0) is 12.0 Å². The second-order valence-electron chi connectivity index (χ2n) is 6.79. The van der Waals surface area contributed by atoms with Crippen LogP contribution in [0, 0.1) is 5.92 Å². The van der Waals surface area contributed by atoms with Crippen LogP contribution >= 0.6 is 34.8 Å². The Kier molecular flexibility index (Phi) is 9.95. The van der Waals surface area contributed by atoms with E-state index in [0.717, 1.165) is 4.57 Å². The summed E-state index contributed by atoms with van der Waals surface area (Å²) in [5.74, 6) is -2.18. The van der Waals surface area contributed by atoms with Crippen LogP contribution in [0.4, 0.5) is 5.82 Å². The van der Waals surface area contributed by atoms with Gasteiger partial charge >= 0.3 is 17.6 Å². The number of rotatable bonds is 5. The number of esters is 1. The van der Waals surface area contributed by atoms with Gasteiger partial charge in [-0.25, -0.2) is 9.59 Å². The molecule has 1 aromatic heterocycles. The summed E-state index contributed by atoms with van der Waals surface area (Å²) >= 11 is 14.4. The maximum Gasteiger partial charge on any atom is 0.356 e. The molecule has 0 amide bonds. The minimum Gasteiger partial charge on any atom is -0.478 e. The Morgan fingerprint density at radius 1 is 1.32 bits per heavy atom. The zero-order chi connectivity index (χ0) is 24.1. The van der Waals surface area contributed by atoms with E-state index in [-0.39, 0.29) is 18.3 Å². The van der Waals surface area contributed by atoms with Gasteiger partial charge < -0.3 is 36.3 Å². The van der Waals surface area contributed by atoms with Gasteiger partial charge in [-0.3, -0.25) is 9.36 Å². The van der Waals surface area contributed by atoms with E-state index in [0.29, 0.717) is 0 Å². The minimum absolute atomic E-state index is 0.0254. The van der Waals surface area contributed by atoms with Crippen LogP contribution in [-0.4, -0.2) is 71.6 Å². The molecule has 2 rings (SSSR count). The van der Waals surface area contributed by atoms with Gasteiger partial charge in [0.1, 0.15) is 36.8 Å². The first-order valence-corrected chi connectivity index (χ1v) is 9.88. The normalized spacial score (nSPS) is 24.3. The summed E-state index contributed by atoms with van der Waals surface area (Å²) in [5.41, 5.74) is 10.3. The predicted octanol–water partition coefficient (Wildman–Crippen LogP) is -0.588. The lowest BCUT2D eigenvalue weighted by Crippen LogP contribution is -2.40. The zero-order valence-corrected chi connectivity index (χ0v) is 18.7. The van der Waals surface area contributed by atoms with E-state index in [2.05, 4.69) is 4.98 Å². The van der Waals surface area contributed by atoms with Crippen molar-refractivity contribution in [3.63, 3.8) is 0 Å². The Hall–Kier alpha value is -1.67. The third-order valence-corrected chi connectivity index (χ3v) is 4.57. The first kappa shape index (κ1) is 27.4. The average Bonchev–Trinajstić information content (AvgIpc) is 2.93. The minimum atomic E-state index is -2.17. The fraction of sp³-hybridized carbons (Fsp3) is 0.625. The number of alkyl halides is 3. The molecule has 0 aliphatic carbocycles. The Labute approximate surface area is 191 Å². The van der Waals surface area contributed by atoms with Crippen molar-refractivity contribution in [2.24, 2.45) is 11.7 Å². The van der Waals surface area contributed by atoms with Crippen LogP contribution in [-0.2, 0) is 19.1 Å². The lowest BCUT2D eigenvalue weighted by atomic mass is 10.1. The van der Waals surface area contributed by atoms with Crippen LogP contribution in [0.2, 0.25) is 0 Å². The molecule has 0 unspecified atom stereocenters. The van der Waals surface area contributed by atoms with Crippen molar-refractivity contribution in [1.82, 2.24) is 9.55 Å². The molecule has 1 aromatic rings. The fourth-order valence-electron chi connectivity index (χ4n) is 2.25. The van der Waals surface area contributed by atoms with E-state index in [4.69, 9.17) is 60.9 Å². The highest BCUT2D eigenvalue weighted by molar-refractivity contribution is 6.75. The summed E-state index contributed by atoms with van der Waals surface area (Å²) in [4.78, 5) is 36.7. The quantitative estimate of drug-likeness (QED) is 0.253. The molecule has 5 atom stereocenters. The number of halogens is 3. The monoisotopic (exact) mass is 504 g/mol. The Balaban J connectivity index is 0.000000592. The SMILES string of the molecule is CC(C)[C@H](N)C(=O)OC[C@H]1O[C@@H](n2ccc(N)nc2=O)[C@@H](O)[C@@H]1O.O=C(O)C(Cl)(Cl)Cl. The maximum atomic E-state index is 11.8. The zero-order valence-electron chi connectivity index (χ0n) is 16.4. The van der Waals surface area contributed by atoms with Crippen molar-refractivity contribution in [3.05, 3.63) is 22.7 Å². The number of carbonyl (C=O) groups excluding carboxylic acids is 1. The maximum absolute atomic E-state index is 11.8. The van der Waals surface area contributed by atoms with Gasteiger partial charge in [-0.15, -0.1) is 0 Å². The standard InChI is InChI=1S/C14H22N4O6.C2HCl3O2/c1-6(2)9(16)13(21)23-5-7-10(19)11(20)12(24-7)18-4-3-8(15)17-14(18)22;3-2(4,5)1(6)7/h3-4,6-7,9-12,19-20H,5,16H2,1-2H3,(H2,15,17,22);(H,6,7)/t7-,9+,10-,11+,12-;/m1./s1. The predicted molar refractivity (Wildman–Crippen MR) is 111 cm³/mol. The Morgan fingerprint density at radius 2 is 1.87 bits per heavy atom. The number of nitrogens with zero attached hydrogens (tertiary/aromatic N) is 2. The molecule has 2 heterocycles. The number of carboxylic acids is 1. The van der Waals surface area contributed by atoms with Gasteiger partial charge in [-0.1, -0.05) is 48.7 Å². The van der Waals surface area contributed by atoms with E-state index in [1.807, 2.05) is 0 Å². The van der Waals surface area contributed by atoms with Gasteiger partial charge in [-0.2, -0.15) is 4.98 Å². The molecule has 1 aliphatic heterocycles. The molecule has 0 bridgehead atoms. The number of ether oxygens (including phenoxy) is 2. The summed E-state index contributed by atoms with van der Waals surface area (Å²) in [6.07, 6.45) is -3.60. The van der Waals surface area contributed by atoms with E-state index in [1.165, 1.54) is 12.3 Å². The smallest absolute Gasteiger partial charge is 0.356 e. The third-order valence-electron chi connectivity index (χ3n) is 4.09. The molecule has 31 heavy (non-hydrogen) atoms. The van der Waals surface area contributed by atoms with Crippen molar-refractivity contribution in [2.75, 3.05) is 12.3 Å². The number of hydrogen-bond donors (Lipinski definition) is 5. The van der Waals surface area contributed by atoms with Crippen molar-refractivity contribution in [1.29, 1.82) is 0 Å². The first-order chi connectivity index (χ1) is 14.2. The van der Waals surface area contributed by atoms with Crippen LogP contribution in [0.1, 0.15) is 20.1 Å². The topological polar surface area (TPSA) is 200 Å². The number of nitrogen functional groups attached to an aromatic ring is 1. The number of carbonyl (C=O) groups is 2. The summed E-state index contributed by atoms with van der Waals surface area (Å²) < 4.78 is 9.30. The number of aliphatic carboxylic acids is 1. The molecule has 15 heteroatoms. The molecule has 1 saturated heterocycles. The lowest BCUT2D eigenvalue weighted by Gasteiger charge is -2.18. The summed E-state index contributed by atoms with van der Waals surface area (Å²) in [6, 6.07) is 0.562. The molecule has 7 N–H and O–H groups in total. The van der Waals surface area contributed by atoms with Crippen molar-refractivity contribution in [3.8, 4) is 0 Å². The van der Waals surface area contributed by atoms with E-state index < -0.39 is 52.0 Å². The van der Waals surface area contributed by atoms with Gasteiger partial charge in [0.05, 0.1) is 0 Å². The van der Waals surface area contributed by atoms with Crippen molar-refractivity contribution in [2.45, 2.75) is 48.2 Å². The Morgan fingerprint density at radius 3 is 2.32 bits per heavy atom. The van der Waals surface area contributed by atoms with Crippen LogP contribution in [0.15, 0.2) is 17.1 Å². The third kappa shape index (κ3) is 7.75. The molecule has 0 spiro atoms. The van der Waals surface area contributed by atoms with Crippen LogP contribution in [0.5, 0.6) is 0 Å². The summed E-state index contributed by atoms with van der Waals surface area (Å²) in [7, 11) is 0. The highest BCUT2D eigenvalue weighted by atomic mass is 35.6. The van der Waals surface area contributed by atoms with Gasteiger partial charge in [0.2, 0.25) is 0 Å². The molecule has 0 radical (unpaired) electrons. The number of aromatic nitrogens is 2. The summed E-state index contributed by atoms with van der Waals surface area (Å²) in [6.45, 7) is 3.24. The van der Waals surface area contributed by atoms with Crippen LogP contribution in [0.3, 0.4) is 0 Å². The lowest BCUT2D eigenvalue weighted by molar-refractivity contribution is -0.152. The second-order valence-corrected chi connectivity index (χ2v) is 9.07. The van der Waals surface area contributed by atoms with E-state index in [1.54, 1.807) is 13.8 Å². The summed E-state index contributed by atoms with van der Waals surface area (Å²) in [5, 5.41) is 28.0. The van der Waals surface area contributed by atoms with Gasteiger partial charge in [0.25, 0.3) is 3.79 Å². The number of anilines is 1. The number of aliphatic hydroxyl groups excluding tert-OH is 2.